The van der Waals surface area contributed by atoms with Crippen LogP contribution in [0.25, 0.3) is 0 Å². The van der Waals surface area contributed by atoms with Crippen molar-refractivity contribution in [1.29, 1.82) is 0 Å². The average molecular weight is 347 g/mol. The maximum absolute atomic E-state index is 11.9. The predicted octanol–water partition coefficient (Wildman–Crippen LogP) is 4.18. The van der Waals surface area contributed by atoms with Crippen LogP contribution in [-0.2, 0) is 9.53 Å². The molecule has 1 N–H and O–H groups in total. The Bertz CT molecular complexity index is 631. The Hall–Kier alpha value is -0.570. The standard InChI is InChI=1S/C22H34O3/c1-13(24)25-18-9-16-19(2,12-23)6-5-7-20(16,3)17-8-14-15-10-22(17,18)11-21(14,15)4/h14-18,23H,5-12H2,1-4H3. The molecule has 0 heterocycles. The molecule has 3 heteroatoms. The van der Waals surface area contributed by atoms with Crippen molar-refractivity contribution >= 4 is 5.97 Å². The maximum Gasteiger partial charge on any atom is 0.302 e. The summed E-state index contributed by atoms with van der Waals surface area (Å²) in [5.74, 6) is 2.83. The van der Waals surface area contributed by atoms with E-state index in [1.54, 1.807) is 6.92 Å². The first-order valence-electron chi connectivity index (χ1n) is 10.5. The summed E-state index contributed by atoms with van der Waals surface area (Å²) >= 11 is 0. The molecule has 6 aliphatic carbocycles. The second kappa shape index (κ2) is 4.64. The third-order valence-corrected chi connectivity index (χ3v) is 10.2. The summed E-state index contributed by atoms with van der Waals surface area (Å²) in [5, 5.41) is 10.2. The van der Waals surface area contributed by atoms with Crippen LogP contribution in [0.3, 0.4) is 0 Å². The zero-order chi connectivity index (χ0) is 17.8. The van der Waals surface area contributed by atoms with Crippen LogP contribution in [0.1, 0.15) is 72.6 Å². The molecule has 6 saturated carbocycles. The third-order valence-electron chi connectivity index (χ3n) is 10.2. The van der Waals surface area contributed by atoms with Crippen LogP contribution < -0.4 is 0 Å². The number of ether oxygens (including phenoxy) is 1. The number of hydrogen-bond acceptors (Lipinski definition) is 3. The zero-order valence-electron chi connectivity index (χ0n) is 16.3. The van der Waals surface area contributed by atoms with Gasteiger partial charge in [0.15, 0.2) is 0 Å². The van der Waals surface area contributed by atoms with E-state index in [1.807, 2.05) is 0 Å². The number of fused-ring (bicyclic) bond motifs is 1. The fraction of sp³-hybridized carbons (Fsp3) is 0.955. The second-order valence-corrected chi connectivity index (χ2v) is 11.2. The molecule has 140 valence electrons. The summed E-state index contributed by atoms with van der Waals surface area (Å²) in [6, 6.07) is 0. The van der Waals surface area contributed by atoms with Gasteiger partial charge in [-0.2, -0.15) is 0 Å². The van der Waals surface area contributed by atoms with E-state index in [2.05, 4.69) is 20.8 Å². The monoisotopic (exact) mass is 346 g/mol. The molecular weight excluding hydrogens is 312 g/mol. The van der Waals surface area contributed by atoms with Gasteiger partial charge in [0.2, 0.25) is 0 Å². The van der Waals surface area contributed by atoms with E-state index in [0.717, 1.165) is 24.7 Å². The minimum atomic E-state index is -0.115. The number of esters is 1. The largest absolute Gasteiger partial charge is 0.462 e. The van der Waals surface area contributed by atoms with Gasteiger partial charge in [0.1, 0.15) is 6.10 Å². The Labute approximate surface area is 151 Å². The molecular formula is C22H34O3. The van der Waals surface area contributed by atoms with Gasteiger partial charge in [-0.15, -0.1) is 0 Å². The molecule has 25 heavy (non-hydrogen) atoms. The molecule has 0 aromatic rings. The Morgan fingerprint density at radius 2 is 1.84 bits per heavy atom. The fourth-order valence-corrected chi connectivity index (χ4v) is 9.17. The first kappa shape index (κ1) is 16.6. The Morgan fingerprint density at radius 3 is 2.44 bits per heavy atom. The topological polar surface area (TPSA) is 46.5 Å². The van der Waals surface area contributed by atoms with Gasteiger partial charge < -0.3 is 9.84 Å². The molecule has 0 aromatic carbocycles. The first-order valence-corrected chi connectivity index (χ1v) is 10.5. The summed E-state index contributed by atoms with van der Waals surface area (Å²) < 4.78 is 6.05. The highest BCUT2D eigenvalue weighted by Gasteiger charge is 2.80. The summed E-state index contributed by atoms with van der Waals surface area (Å²) in [4.78, 5) is 11.9. The number of rotatable bonds is 2. The van der Waals surface area contributed by atoms with Gasteiger partial charge in [-0.1, -0.05) is 27.2 Å². The van der Waals surface area contributed by atoms with Crippen LogP contribution in [0.4, 0.5) is 0 Å². The van der Waals surface area contributed by atoms with Crippen molar-refractivity contribution in [3.63, 3.8) is 0 Å². The van der Waals surface area contributed by atoms with E-state index in [-0.39, 0.29) is 29.5 Å². The second-order valence-electron chi connectivity index (χ2n) is 11.2. The first-order chi connectivity index (χ1) is 11.7. The molecule has 0 saturated heterocycles. The lowest BCUT2D eigenvalue weighted by atomic mass is 9.39. The lowest BCUT2D eigenvalue weighted by Gasteiger charge is -2.67. The molecule has 4 bridgehead atoms. The van der Waals surface area contributed by atoms with Crippen LogP contribution in [0.2, 0.25) is 0 Å². The number of aliphatic hydroxyl groups excluding tert-OH is 1. The number of aliphatic hydroxyl groups is 1. The van der Waals surface area contributed by atoms with Crippen LogP contribution in [0.15, 0.2) is 0 Å². The van der Waals surface area contributed by atoms with Crippen molar-refractivity contribution in [2.24, 2.45) is 45.3 Å². The highest BCUT2D eigenvalue weighted by atomic mass is 16.5. The van der Waals surface area contributed by atoms with Crippen LogP contribution in [-0.4, -0.2) is 23.8 Å². The van der Waals surface area contributed by atoms with Crippen LogP contribution in [0, 0.1) is 45.3 Å². The number of hydrogen-bond donors (Lipinski definition) is 1. The van der Waals surface area contributed by atoms with Crippen molar-refractivity contribution in [2.45, 2.75) is 78.7 Å². The highest BCUT2D eigenvalue weighted by Crippen LogP contribution is 2.85. The molecule has 0 radical (unpaired) electrons. The Balaban J connectivity index is 1.59. The maximum atomic E-state index is 11.9. The van der Waals surface area contributed by atoms with Gasteiger partial charge in [-0.05, 0) is 78.4 Å². The van der Waals surface area contributed by atoms with Gasteiger partial charge in [-0.25, -0.2) is 0 Å². The van der Waals surface area contributed by atoms with Gasteiger partial charge in [0.05, 0.1) is 0 Å². The van der Waals surface area contributed by atoms with Crippen molar-refractivity contribution in [3.8, 4) is 0 Å². The van der Waals surface area contributed by atoms with Gasteiger partial charge in [-0.3, -0.25) is 4.79 Å². The molecule has 0 aromatic heterocycles. The minimum Gasteiger partial charge on any atom is -0.462 e. The molecule has 9 atom stereocenters. The predicted molar refractivity (Wildman–Crippen MR) is 95.7 cm³/mol. The number of carbonyl (C=O) groups is 1. The van der Waals surface area contributed by atoms with E-state index < -0.39 is 0 Å². The summed E-state index contributed by atoms with van der Waals surface area (Å²) in [6.07, 6.45) is 8.58. The van der Waals surface area contributed by atoms with E-state index in [9.17, 15) is 9.90 Å². The molecule has 3 nitrogen and oxygen atoms in total. The highest BCUT2D eigenvalue weighted by molar-refractivity contribution is 5.66. The van der Waals surface area contributed by atoms with Crippen molar-refractivity contribution < 1.29 is 14.6 Å². The minimum absolute atomic E-state index is 0.0134. The molecule has 0 amide bonds. The van der Waals surface area contributed by atoms with Crippen LogP contribution >= 0.6 is 0 Å². The summed E-state index contributed by atoms with van der Waals surface area (Å²) in [5.41, 5.74) is 1.05. The van der Waals surface area contributed by atoms with E-state index in [0.29, 0.717) is 22.7 Å². The summed E-state index contributed by atoms with van der Waals surface area (Å²) in [7, 11) is 0. The van der Waals surface area contributed by atoms with Gasteiger partial charge >= 0.3 is 5.97 Å². The lowest BCUT2D eigenvalue weighted by molar-refractivity contribution is -0.229. The van der Waals surface area contributed by atoms with Crippen LogP contribution in [0.5, 0.6) is 0 Å². The van der Waals surface area contributed by atoms with E-state index in [1.165, 1.54) is 32.1 Å². The van der Waals surface area contributed by atoms with Crippen molar-refractivity contribution in [2.75, 3.05) is 6.61 Å². The fourth-order valence-electron chi connectivity index (χ4n) is 9.17. The molecule has 1 spiro atoms. The quantitative estimate of drug-likeness (QED) is 0.763. The molecule has 6 rings (SSSR count). The SMILES string of the molecule is CC(=O)OC1CC2C(C)(CO)CCCC2(C)C2CC3C4CC12CC34C. The van der Waals surface area contributed by atoms with E-state index >= 15 is 0 Å². The van der Waals surface area contributed by atoms with Crippen molar-refractivity contribution in [3.05, 3.63) is 0 Å². The third kappa shape index (κ3) is 1.79. The van der Waals surface area contributed by atoms with Gasteiger partial charge in [0, 0.05) is 18.9 Å². The smallest absolute Gasteiger partial charge is 0.302 e. The average Bonchev–Trinajstić information content (AvgIpc) is 3.00. The lowest BCUT2D eigenvalue weighted by Crippen LogP contribution is -2.64. The molecule has 9 unspecified atom stereocenters. The van der Waals surface area contributed by atoms with Crippen molar-refractivity contribution in [1.82, 2.24) is 0 Å². The number of carbonyl (C=O) groups excluding carboxylic acids is 1. The normalized spacial score (nSPS) is 61.2. The Kier molecular flexibility index (Phi) is 3.08. The Morgan fingerprint density at radius 1 is 1.08 bits per heavy atom. The molecule has 6 aliphatic rings. The molecule has 6 fully saturated rings. The zero-order valence-corrected chi connectivity index (χ0v) is 16.3. The summed E-state index contributed by atoms with van der Waals surface area (Å²) in [6.45, 7) is 9.15. The molecule has 0 aliphatic heterocycles. The van der Waals surface area contributed by atoms with E-state index in [4.69, 9.17) is 4.74 Å². The van der Waals surface area contributed by atoms with Gasteiger partial charge in [0.25, 0.3) is 0 Å².